The average Bonchev–Trinajstić information content (AvgIpc) is 2.76. The van der Waals surface area contributed by atoms with E-state index in [2.05, 4.69) is 17.2 Å². The van der Waals surface area contributed by atoms with Crippen LogP contribution in [0.5, 0.6) is 0 Å². The quantitative estimate of drug-likeness (QED) is 0.776. The summed E-state index contributed by atoms with van der Waals surface area (Å²) in [7, 11) is 0. The van der Waals surface area contributed by atoms with Gasteiger partial charge in [-0.15, -0.1) is 11.3 Å². The molecule has 0 amide bonds. The Morgan fingerprint density at radius 2 is 2.18 bits per heavy atom. The number of nitrogens with one attached hydrogen (secondary N) is 1. The maximum atomic E-state index is 10.5. The molecule has 112 valence electrons. The number of aromatic nitrogens is 1. The zero-order valence-corrected chi connectivity index (χ0v) is 15.9. The second-order valence-electron chi connectivity index (χ2n) is 4.72. The molecule has 0 radical (unpaired) electrons. The fourth-order valence-electron chi connectivity index (χ4n) is 1.80. The topological polar surface area (TPSA) is 62.2 Å². The molecule has 2 rings (SSSR count). The molecule has 2 N–H and O–H groups in total. The fourth-order valence-corrected chi connectivity index (χ4v) is 2.63. The number of thiazole rings is 1. The molecule has 0 aliphatic heterocycles. The van der Waals surface area contributed by atoms with Crippen molar-refractivity contribution >= 4 is 35.1 Å². The third kappa shape index (κ3) is 5.93. The SMILES string of the molecule is Cc1nc(C=Cc2cccc(NCCC(=O)O)c2)sc1C.[H-].[Na+]. The van der Waals surface area contributed by atoms with Crippen molar-refractivity contribution in [2.45, 2.75) is 20.3 Å². The Morgan fingerprint density at radius 1 is 1.41 bits per heavy atom. The first kappa shape index (κ1) is 18.9. The predicted molar refractivity (Wildman–Crippen MR) is 88.8 cm³/mol. The minimum absolute atomic E-state index is 0. The molecule has 6 heteroatoms. The molecule has 0 saturated carbocycles. The minimum Gasteiger partial charge on any atom is -1.00 e. The van der Waals surface area contributed by atoms with Crippen molar-refractivity contribution in [1.82, 2.24) is 4.98 Å². The van der Waals surface area contributed by atoms with Crippen molar-refractivity contribution in [2.75, 3.05) is 11.9 Å². The molecule has 2 aromatic rings. The number of benzene rings is 1. The molecule has 4 nitrogen and oxygen atoms in total. The maximum absolute atomic E-state index is 10.5. The Balaban J connectivity index is 0.00000242. The number of hydrogen-bond acceptors (Lipinski definition) is 4. The van der Waals surface area contributed by atoms with Crippen molar-refractivity contribution in [3.8, 4) is 0 Å². The van der Waals surface area contributed by atoms with E-state index in [1.54, 1.807) is 11.3 Å². The molecule has 1 aromatic heterocycles. The van der Waals surface area contributed by atoms with Crippen LogP contribution in [0.15, 0.2) is 24.3 Å². The molecule has 0 saturated heterocycles. The van der Waals surface area contributed by atoms with Gasteiger partial charge in [0, 0.05) is 17.1 Å². The van der Waals surface area contributed by atoms with Gasteiger partial charge in [-0.25, -0.2) is 4.98 Å². The number of anilines is 1. The number of carboxylic acid groups (broad SMARTS) is 1. The largest absolute Gasteiger partial charge is 1.00 e. The standard InChI is InChI=1S/C16H18N2O2S.Na.H/c1-11-12(2)21-15(18-11)7-6-13-4-3-5-14(10-13)17-9-8-16(19)20;;/h3-7,10,17H,8-9H2,1-2H3,(H,19,20);;/q;+1;-1. The summed E-state index contributed by atoms with van der Waals surface area (Å²) >= 11 is 1.68. The van der Waals surface area contributed by atoms with Gasteiger partial charge in [0.15, 0.2) is 0 Å². The summed E-state index contributed by atoms with van der Waals surface area (Å²) in [5.41, 5.74) is 3.05. The van der Waals surface area contributed by atoms with Crippen LogP contribution < -0.4 is 34.9 Å². The normalized spacial score (nSPS) is 10.5. The summed E-state index contributed by atoms with van der Waals surface area (Å²) in [6.45, 7) is 4.50. The Kier molecular flexibility index (Phi) is 7.82. The molecule has 0 atom stereocenters. The zero-order valence-electron chi connectivity index (χ0n) is 14.1. The van der Waals surface area contributed by atoms with Crippen LogP contribution in [0.4, 0.5) is 5.69 Å². The van der Waals surface area contributed by atoms with Crippen LogP contribution in [0.3, 0.4) is 0 Å². The first-order valence-corrected chi connectivity index (χ1v) is 7.54. The van der Waals surface area contributed by atoms with Gasteiger partial charge in [0.1, 0.15) is 5.01 Å². The zero-order chi connectivity index (χ0) is 15.2. The van der Waals surface area contributed by atoms with E-state index in [0.717, 1.165) is 22.0 Å². The molecule has 0 fully saturated rings. The van der Waals surface area contributed by atoms with Gasteiger partial charge in [0.2, 0.25) is 0 Å². The van der Waals surface area contributed by atoms with Crippen LogP contribution in [-0.2, 0) is 4.79 Å². The maximum Gasteiger partial charge on any atom is 1.00 e. The third-order valence-electron chi connectivity index (χ3n) is 3.02. The van der Waals surface area contributed by atoms with Crippen LogP contribution in [0, 0.1) is 13.8 Å². The number of rotatable bonds is 6. The summed E-state index contributed by atoms with van der Waals surface area (Å²) in [4.78, 5) is 16.2. The first-order valence-electron chi connectivity index (χ1n) is 6.72. The summed E-state index contributed by atoms with van der Waals surface area (Å²) in [5.74, 6) is -0.798. The third-order valence-corrected chi connectivity index (χ3v) is 4.06. The monoisotopic (exact) mass is 326 g/mol. The van der Waals surface area contributed by atoms with Crippen molar-refractivity contribution in [3.05, 3.63) is 45.4 Å². The molecule has 0 bridgehead atoms. The average molecular weight is 326 g/mol. The van der Waals surface area contributed by atoms with Crippen LogP contribution >= 0.6 is 11.3 Å². The fraction of sp³-hybridized carbons (Fsp3) is 0.250. The molecule has 1 heterocycles. The second-order valence-corrected chi connectivity index (χ2v) is 5.96. The number of carbonyl (C=O) groups is 1. The summed E-state index contributed by atoms with van der Waals surface area (Å²) < 4.78 is 0. The minimum atomic E-state index is -0.798. The smallest absolute Gasteiger partial charge is 1.00 e. The molecule has 0 aliphatic carbocycles. The number of carboxylic acids is 1. The Morgan fingerprint density at radius 3 is 2.82 bits per heavy atom. The van der Waals surface area contributed by atoms with E-state index in [4.69, 9.17) is 5.11 Å². The van der Waals surface area contributed by atoms with Crippen molar-refractivity contribution < 1.29 is 40.9 Å². The molecule has 0 unspecified atom stereocenters. The van der Waals surface area contributed by atoms with Gasteiger partial charge in [0.25, 0.3) is 0 Å². The Labute approximate surface area is 158 Å². The summed E-state index contributed by atoms with van der Waals surface area (Å²) in [6.07, 6.45) is 4.12. The molecular formula is C16H19N2NaO2S. The molecular weight excluding hydrogens is 307 g/mol. The van der Waals surface area contributed by atoms with Crippen molar-refractivity contribution in [3.63, 3.8) is 0 Å². The number of nitrogens with zero attached hydrogens (tertiary/aromatic N) is 1. The number of aryl methyl sites for hydroxylation is 2. The van der Waals surface area contributed by atoms with E-state index in [9.17, 15) is 4.79 Å². The van der Waals surface area contributed by atoms with Gasteiger partial charge >= 0.3 is 35.5 Å². The van der Waals surface area contributed by atoms with Gasteiger partial charge in [0.05, 0.1) is 12.1 Å². The predicted octanol–water partition coefficient (Wildman–Crippen LogP) is 0.933. The van der Waals surface area contributed by atoms with Crippen molar-refractivity contribution in [2.24, 2.45) is 0 Å². The van der Waals surface area contributed by atoms with Crippen LogP contribution in [0.2, 0.25) is 0 Å². The number of hydrogen-bond donors (Lipinski definition) is 2. The van der Waals surface area contributed by atoms with Crippen molar-refractivity contribution in [1.29, 1.82) is 0 Å². The second kappa shape index (κ2) is 9.10. The molecule has 1 aromatic carbocycles. The Bertz CT molecular complexity index is 654. The number of aliphatic carboxylic acids is 1. The Hall–Kier alpha value is -1.14. The van der Waals surface area contributed by atoms with E-state index in [-0.39, 0.29) is 37.4 Å². The van der Waals surface area contributed by atoms with E-state index < -0.39 is 5.97 Å². The molecule has 0 aliphatic rings. The van der Waals surface area contributed by atoms with E-state index in [1.165, 1.54) is 4.88 Å². The van der Waals surface area contributed by atoms with Gasteiger partial charge in [-0.1, -0.05) is 18.2 Å². The van der Waals surface area contributed by atoms with Gasteiger partial charge in [-0.3, -0.25) is 4.79 Å². The van der Waals surface area contributed by atoms with E-state index in [0.29, 0.717) is 6.54 Å². The van der Waals surface area contributed by atoms with Gasteiger partial charge in [-0.2, -0.15) is 0 Å². The van der Waals surface area contributed by atoms with E-state index in [1.807, 2.05) is 43.3 Å². The van der Waals surface area contributed by atoms with E-state index >= 15 is 0 Å². The van der Waals surface area contributed by atoms with Gasteiger partial charge < -0.3 is 11.8 Å². The summed E-state index contributed by atoms with van der Waals surface area (Å²) in [5, 5.41) is 12.7. The molecule has 0 spiro atoms. The summed E-state index contributed by atoms with van der Waals surface area (Å²) in [6, 6.07) is 7.87. The van der Waals surface area contributed by atoms with Crippen LogP contribution in [0.1, 0.15) is 29.0 Å². The molecule has 22 heavy (non-hydrogen) atoms. The van der Waals surface area contributed by atoms with Crippen LogP contribution in [0.25, 0.3) is 12.2 Å². The van der Waals surface area contributed by atoms with Crippen LogP contribution in [-0.4, -0.2) is 22.6 Å². The van der Waals surface area contributed by atoms with Gasteiger partial charge in [-0.05, 0) is 37.6 Å². The first-order chi connectivity index (χ1) is 10.0.